The summed E-state index contributed by atoms with van der Waals surface area (Å²) in [5, 5.41) is 5.03. The number of hydrogen-bond acceptors (Lipinski definition) is 7. The van der Waals surface area contributed by atoms with Gasteiger partial charge in [-0.1, -0.05) is 0 Å². The topological polar surface area (TPSA) is 110 Å². The molecule has 1 aromatic heterocycles. The van der Waals surface area contributed by atoms with Gasteiger partial charge in [-0.2, -0.15) is 5.10 Å². The number of nitrogens with zero attached hydrogens (tertiary/aromatic N) is 2. The summed E-state index contributed by atoms with van der Waals surface area (Å²) in [6, 6.07) is 10.7. The lowest BCUT2D eigenvalue weighted by Crippen LogP contribution is -2.29. The zero-order valence-corrected chi connectivity index (χ0v) is 17.4. The first kappa shape index (κ1) is 21.1. The molecule has 2 heterocycles. The zero-order valence-electron chi connectivity index (χ0n) is 17.4. The number of amides is 1. The maximum absolute atomic E-state index is 12.0. The van der Waals surface area contributed by atoms with Crippen LogP contribution in [0.5, 0.6) is 17.2 Å². The van der Waals surface area contributed by atoms with Crippen LogP contribution in [-0.4, -0.2) is 48.2 Å². The van der Waals surface area contributed by atoms with Crippen LogP contribution in [0.15, 0.2) is 42.6 Å². The number of benzene rings is 2. The third kappa shape index (κ3) is 5.13. The van der Waals surface area contributed by atoms with E-state index in [1.807, 2.05) is 31.3 Å². The quantitative estimate of drug-likeness (QED) is 0.246. The zero-order chi connectivity index (χ0) is 21.6. The minimum absolute atomic E-state index is 0.258. The Morgan fingerprint density at radius 2 is 1.94 bits per heavy atom. The van der Waals surface area contributed by atoms with Gasteiger partial charge in [0.25, 0.3) is 5.91 Å². The molecule has 3 N–H and O–H groups in total. The van der Waals surface area contributed by atoms with Gasteiger partial charge >= 0.3 is 0 Å². The van der Waals surface area contributed by atoms with E-state index >= 15 is 0 Å². The van der Waals surface area contributed by atoms with Crippen LogP contribution < -0.4 is 20.7 Å². The lowest BCUT2D eigenvalue weighted by atomic mass is 10.1. The van der Waals surface area contributed by atoms with E-state index in [2.05, 4.69) is 10.5 Å². The Kier molecular flexibility index (Phi) is 6.66. The molecular weight excluding hydrogens is 400 g/mol. The van der Waals surface area contributed by atoms with Crippen LogP contribution in [0.25, 0.3) is 10.9 Å². The largest absolute Gasteiger partial charge is 0.491 e. The molecule has 0 spiro atoms. The van der Waals surface area contributed by atoms with Gasteiger partial charge in [0.1, 0.15) is 23.6 Å². The summed E-state index contributed by atoms with van der Waals surface area (Å²) < 4.78 is 24.6. The van der Waals surface area contributed by atoms with Crippen molar-refractivity contribution in [3.63, 3.8) is 0 Å². The van der Waals surface area contributed by atoms with Crippen molar-refractivity contribution >= 4 is 16.8 Å². The molecule has 0 radical (unpaired) electrons. The van der Waals surface area contributed by atoms with Crippen molar-refractivity contribution in [1.82, 2.24) is 15.2 Å². The Balaban J connectivity index is 1.39. The molecule has 3 aromatic rings. The maximum Gasteiger partial charge on any atom is 0.265 e. The van der Waals surface area contributed by atoms with Gasteiger partial charge in [0.15, 0.2) is 5.75 Å². The number of aryl methyl sites for hydroxylation is 1. The van der Waals surface area contributed by atoms with Gasteiger partial charge in [-0.3, -0.25) is 14.9 Å². The molecule has 1 amide bonds. The highest BCUT2D eigenvalue weighted by atomic mass is 16.5. The summed E-state index contributed by atoms with van der Waals surface area (Å²) >= 11 is 0. The van der Waals surface area contributed by atoms with Gasteiger partial charge in [0.2, 0.25) is 0 Å². The van der Waals surface area contributed by atoms with E-state index in [4.69, 9.17) is 24.8 Å². The molecule has 1 aliphatic rings. The first-order chi connectivity index (χ1) is 15.1. The minimum Gasteiger partial charge on any atom is -0.491 e. The second-order valence-corrected chi connectivity index (χ2v) is 7.26. The normalized spacial score (nSPS) is 14.5. The second-order valence-electron chi connectivity index (χ2n) is 7.26. The highest BCUT2D eigenvalue weighted by Gasteiger charge is 2.15. The number of carbonyl (C=O) groups is 1. The molecule has 0 aliphatic carbocycles. The van der Waals surface area contributed by atoms with Crippen LogP contribution in [0.3, 0.4) is 0 Å². The van der Waals surface area contributed by atoms with Crippen LogP contribution >= 0.6 is 0 Å². The molecule has 9 heteroatoms. The van der Waals surface area contributed by atoms with Crippen LogP contribution in [0, 0.1) is 0 Å². The number of fused-ring (bicyclic) bond motifs is 1. The number of carbonyl (C=O) groups excluding carboxylic acids is 1. The van der Waals surface area contributed by atoms with Crippen molar-refractivity contribution < 1.29 is 23.7 Å². The molecule has 31 heavy (non-hydrogen) atoms. The SMILES string of the molecule is Cn1ncc2cc(C(=O)NN)cc(Oc3ccc(OCCOC4CCOCC4)cc3)c21. The van der Waals surface area contributed by atoms with E-state index in [9.17, 15) is 4.79 Å². The number of rotatable bonds is 8. The Morgan fingerprint density at radius 1 is 1.19 bits per heavy atom. The molecular formula is C22H26N4O5. The fourth-order valence-corrected chi connectivity index (χ4v) is 3.52. The molecule has 9 nitrogen and oxygen atoms in total. The summed E-state index contributed by atoms with van der Waals surface area (Å²) in [5.41, 5.74) is 3.31. The lowest BCUT2D eigenvalue weighted by Gasteiger charge is -2.22. The monoisotopic (exact) mass is 426 g/mol. The molecule has 0 saturated carbocycles. The molecule has 1 aliphatic heterocycles. The number of aromatic nitrogens is 2. The summed E-state index contributed by atoms with van der Waals surface area (Å²) in [5.74, 6) is 6.72. The van der Waals surface area contributed by atoms with Gasteiger partial charge in [-0.15, -0.1) is 0 Å². The van der Waals surface area contributed by atoms with Crippen molar-refractivity contribution in [1.29, 1.82) is 0 Å². The number of hydrazine groups is 1. The molecule has 4 rings (SSSR count). The number of hydrogen-bond donors (Lipinski definition) is 2. The van der Waals surface area contributed by atoms with Crippen molar-refractivity contribution in [2.75, 3.05) is 26.4 Å². The molecule has 1 fully saturated rings. The molecule has 1 saturated heterocycles. The predicted octanol–water partition coefficient (Wildman–Crippen LogP) is 2.54. The van der Waals surface area contributed by atoms with Crippen LogP contribution in [0.4, 0.5) is 0 Å². The second kappa shape index (κ2) is 9.78. The van der Waals surface area contributed by atoms with Gasteiger partial charge in [-0.25, -0.2) is 5.84 Å². The molecule has 0 unspecified atom stereocenters. The number of ether oxygens (including phenoxy) is 4. The van der Waals surface area contributed by atoms with Crippen LogP contribution in [0.2, 0.25) is 0 Å². The Hall–Kier alpha value is -3.14. The van der Waals surface area contributed by atoms with E-state index in [-0.39, 0.29) is 6.10 Å². The summed E-state index contributed by atoms with van der Waals surface area (Å²) in [4.78, 5) is 12.0. The molecule has 2 aromatic carbocycles. The van der Waals surface area contributed by atoms with E-state index in [0.717, 1.165) is 42.7 Å². The Labute approximate surface area is 180 Å². The number of nitrogen functional groups attached to an aromatic ring is 1. The minimum atomic E-state index is -0.401. The lowest BCUT2D eigenvalue weighted by molar-refractivity contribution is -0.0388. The van der Waals surface area contributed by atoms with Gasteiger partial charge in [0, 0.05) is 31.2 Å². The third-order valence-electron chi connectivity index (χ3n) is 5.12. The average molecular weight is 426 g/mol. The molecule has 164 valence electrons. The number of nitrogens with one attached hydrogen (secondary N) is 1. The fourth-order valence-electron chi connectivity index (χ4n) is 3.52. The van der Waals surface area contributed by atoms with E-state index in [1.54, 1.807) is 23.0 Å². The van der Waals surface area contributed by atoms with Gasteiger partial charge < -0.3 is 18.9 Å². The summed E-state index contributed by atoms with van der Waals surface area (Å²) in [6.45, 7) is 2.54. The molecule has 0 atom stereocenters. The smallest absolute Gasteiger partial charge is 0.265 e. The van der Waals surface area contributed by atoms with Crippen molar-refractivity contribution in [3.05, 3.63) is 48.2 Å². The van der Waals surface area contributed by atoms with E-state index in [0.29, 0.717) is 30.3 Å². The van der Waals surface area contributed by atoms with Crippen molar-refractivity contribution in [2.45, 2.75) is 18.9 Å². The average Bonchev–Trinajstić information content (AvgIpc) is 3.19. The van der Waals surface area contributed by atoms with Gasteiger partial charge in [-0.05, 0) is 49.2 Å². The van der Waals surface area contributed by atoms with Crippen molar-refractivity contribution in [2.24, 2.45) is 12.9 Å². The van der Waals surface area contributed by atoms with Crippen molar-refractivity contribution in [3.8, 4) is 17.2 Å². The Bertz CT molecular complexity index is 1030. The van der Waals surface area contributed by atoms with Crippen LogP contribution in [0.1, 0.15) is 23.2 Å². The highest BCUT2D eigenvalue weighted by Crippen LogP contribution is 2.32. The fraction of sp³-hybridized carbons (Fsp3) is 0.364. The van der Waals surface area contributed by atoms with E-state index < -0.39 is 5.91 Å². The highest BCUT2D eigenvalue weighted by molar-refractivity contribution is 5.99. The number of nitrogens with two attached hydrogens (primary N) is 1. The first-order valence-corrected chi connectivity index (χ1v) is 10.2. The molecule has 0 bridgehead atoms. The Morgan fingerprint density at radius 3 is 2.68 bits per heavy atom. The van der Waals surface area contributed by atoms with Gasteiger partial charge in [0.05, 0.1) is 18.9 Å². The van der Waals surface area contributed by atoms with E-state index in [1.165, 1.54) is 0 Å². The maximum atomic E-state index is 12.0. The first-order valence-electron chi connectivity index (χ1n) is 10.2. The predicted molar refractivity (Wildman–Crippen MR) is 114 cm³/mol. The summed E-state index contributed by atoms with van der Waals surface area (Å²) in [6.07, 6.45) is 3.80. The third-order valence-corrected chi connectivity index (χ3v) is 5.12. The standard InChI is InChI=1S/C22H26N4O5/c1-26-21-16(14-24-26)12-15(22(27)25-23)13-20(21)31-19-4-2-17(3-5-19)29-10-11-30-18-6-8-28-9-7-18/h2-5,12-14,18H,6-11,23H2,1H3,(H,25,27). The van der Waals surface area contributed by atoms with Crippen LogP contribution in [-0.2, 0) is 16.5 Å². The summed E-state index contributed by atoms with van der Waals surface area (Å²) in [7, 11) is 1.82.